The van der Waals surface area contributed by atoms with Crippen molar-refractivity contribution in [1.29, 1.82) is 0 Å². The third kappa shape index (κ3) is 4.31. The molecule has 0 saturated carbocycles. The highest BCUT2D eigenvalue weighted by Gasteiger charge is 2.09. The van der Waals surface area contributed by atoms with E-state index in [2.05, 4.69) is 4.90 Å². The van der Waals surface area contributed by atoms with Gasteiger partial charge in [0.15, 0.2) is 0 Å². The van der Waals surface area contributed by atoms with Crippen LogP contribution in [0.15, 0.2) is 24.3 Å². The summed E-state index contributed by atoms with van der Waals surface area (Å²) < 4.78 is 5.42. The van der Waals surface area contributed by atoms with Crippen molar-refractivity contribution >= 4 is 0 Å². The molecule has 0 aromatic heterocycles. The van der Waals surface area contributed by atoms with Gasteiger partial charge < -0.3 is 14.7 Å². The summed E-state index contributed by atoms with van der Waals surface area (Å²) in [4.78, 5) is 2.06. The van der Waals surface area contributed by atoms with E-state index in [1.165, 1.54) is 0 Å². The van der Waals surface area contributed by atoms with Crippen molar-refractivity contribution < 1.29 is 9.84 Å². The van der Waals surface area contributed by atoms with Gasteiger partial charge in [-0.15, -0.1) is 0 Å². The number of aliphatic hydroxyl groups is 1. The zero-order valence-corrected chi connectivity index (χ0v) is 10.3. The van der Waals surface area contributed by atoms with Gasteiger partial charge in [0.25, 0.3) is 0 Å². The summed E-state index contributed by atoms with van der Waals surface area (Å²) in [7, 11) is 4.00. The fraction of sp³-hybridized carbons (Fsp3) is 0.538. The molecule has 1 rings (SSSR count). The predicted octanol–water partition coefficient (Wildman–Crippen LogP) is 1.61. The van der Waals surface area contributed by atoms with Gasteiger partial charge in [0, 0.05) is 6.54 Å². The minimum Gasteiger partial charge on any atom is -0.386 e. The molecule has 0 heterocycles. The zero-order valence-electron chi connectivity index (χ0n) is 10.3. The van der Waals surface area contributed by atoms with Gasteiger partial charge in [-0.1, -0.05) is 24.3 Å². The Morgan fingerprint density at radius 2 is 2.00 bits per heavy atom. The Morgan fingerprint density at radius 3 is 2.62 bits per heavy atom. The van der Waals surface area contributed by atoms with Gasteiger partial charge in [-0.25, -0.2) is 0 Å². The van der Waals surface area contributed by atoms with Gasteiger partial charge >= 0.3 is 0 Å². The molecule has 1 aromatic rings. The molecule has 1 N–H and O–H groups in total. The minimum absolute atomic E-state index is 0.360. The van der Waals surface area contributed by atoms with E-state index in [4.69, 9.17) is 4.74 Å². The Morgan fingerprint density at radius 1 is 1.31 bits per heavy atom. The quantitative estimate of drug-likeness (QED) is 0.744. The Labute approximate surface area is 97.7 Å². The molecule has 1 aromatic carbocycles. The summed E-state index contributed by atoms with van der Waals surface area (Å²) in [6, 6.07) is 7.84. The molecule has 0 spiro atoms. The highest BCUT2D eigenvalue weighted by atomic mass is 16.5. The maximum absolute atomic E-state index is 9.93. The fourth-order valence-electron chi connectivity index (χ4n) is 1.49. The molecule has 0 radical (unpaired) electrons. The number of likely N-dealkylation sites (N-methyl/N-ethyl adjacent to an activating group) is 1. The number of ether oxygens (including phenoxy) is 1. The Balaban J connectivity index is 2.35. The zero-order chi connectivity index (χ0) is 12.0. The van der Waals surface area contributed by atoms with Gasteiger partial charge in [-0.2, -0.15) is 0 Å². The number of hydrogen-bond acceptors (Lipinski definition) is 3. The van der Waals surface area contributed by atoms with E-state index in [1.807, 2.05) is 45.3 Å². The van der Waals surface area contributed by atoms with E-state index < -0.39 is 6.10 Å². The van der Waals surface area contributed by atoms with Crippen LogP contribution >= 0.6 is 0 Å². The number of aliphatic hydroxyl groups excluding tert-OH is 1. The topological polar surface area (TPSA) is 32.7 Å². The van der Waals surface area contributed by atoms with Crippen molar-refractivity contribution in [2.45, 2.75) is 13.0 Å². The van der Waals surface area contributed by atoms with Crippen molar-refractivity contribution in [3.8, 4) is 0 Å². The second-order valence-electron chi connectivity index (χ2n) is 4.25. The number of nitrogens with zero attached hydrogens (tertiary/aromatic N) is 1. The smallest absolute Gasteiger partial charge is 0.103 e. The van der Waals surface area contributed by atoms with E-state index in [1.54, 1.807) is 0 Å². The lowest BCUT2D eigenvalue weighted by atomic mass is 10.0. The molecule has 0 aliphatic carbocycles. The third-order valence-corrected chi connectivity index (χ3v) is 2.51. The SMILES string of the molecule is Cc1ccccc1C(O)COCCN(C)C. The van der Waals surface area contributed by atoms with Gasteiger partial charge in [-0.05, 0) is 32.1 Å². The lowest BCUT2D eigenvalue weighted by Gasteiger charge is -2.15. The van der Waals surface area contributed by atoms with Crippen LogP contribution in [0.25, 0.3) is 0 Å². The first-order chi connectivity index (χ1) is 7.61. The highest BCUT2D eigenvalue weighted by molar-refractivity contribution is 5.27. The van der Waals surface area contributed by atoms with Gasteiger partial charge in [0.05, 0.1) is 13.2 Å². The molecule has 0 aliphatic rings. The first kappa shape index (κ1) is 13.2. The van der Waals surface area contributed by atoms with Crippen molar-refractivity contribution in [2.24, 2.45) is 0 Å². The van der Waals surface area contributed by atoms with E-state index in [0.717, 1.165) is 17.7 Å². The lowest BCUT2D eigenvalue weighted by molar-refractivity contribution is 0.0304. The summed E-state index contributed by atoms with van der Waals surface area (Å²) in [5, 5.41) is 9.93. The number of benzene rings is 1. The van der Waals surface area contributed by atoms with E-state index in [0.29, 0.717) is 13.2 Å². The molecule has 0 saturated heterocycles. The lowest BCUT2D eigenvalue weighted by Crippen LogP contribution is -2.19. The van der Waals surface area contributed by atoms with Gasteiger partial charge in [-0.3, -0.25) is 0 Å². The molecule has 1 atom stereocenters. The van der Waals surface area contributed by atoms with Crippen molar-refractivity contribution in [3.63, 3.8) is 0 Å². The van der Waals surface area contributed by atoms with Crippen molar-refractivity contribution in [1.82, 2.24) is 4.90 Å². The number of aryl methyl sites for hydroxylation is 1. The Bertz CT molecular complexity index is 313. The molecule has 16 heavy (non-hydrogen) atoms. The van der Waals surface area contributed by atoms with Gasteiger partial charge in [0.2, 0.25) is 0 Å². The van der Waals surface area contributed by atoms with Crippen LogP contribution in [0.2, 0.25) is 0 Å². The van der Waals surface area contributed by atoms with E-state index in [9.17, 15) is 5.11 Å². The number of rotatable bonds is 6. The average molecular weight is 223 g/mol. The first-order valence-electron chi connectivity index (χ1n) is 5.57. The van der Waals surface area contributed by atoms with Crippen LogP contribution in [-0.4, -0.2) is 43.9 Å². The van der Waals surface area contributed by atoms with E-state index in [-0.39, 0.29) is 0 Å². The third-order valence-electron chi connectivity index (χ3n) is 2.51. The van der Waals surface area contributed by atoms with Gasteiger partial charge in [0.1, 0.15) is 6.10 Å². The average Bonchev–Trinajstić information content (AvgIpc) is 2.24. The molecule has 0 aliphatic heterocycles. The summed E-state index contributed by atoms with van der Waals surface area (Å²) in [6.45, 7) is 3.88. The van der Waals surface area contributed by atoms with Crippen LogP contribution in [0.1, 0.15) is 17.2 Å². The molecule has 90 valence electrons. The summed E-state index contributed by atoms with van der Waals surface area (Å²) in [6.07, 6.45) is -0.525. The predicted molar refractivity (Wildman–Crippen MR) is 65.5 cm³/mol. The molecular formula is C13H21NO2. The van der Waals surface area contributed by atoms with Crippen molar-refractivity contribution in [2.75, 3.05) is 33.9 Å². The molecule has 0 bridgehead atoms. The van der Waals surface area contributed by atoms with Crippen LogP contribution in [0.4, 0.5) is 0 Å². The second-order valence-corrected chi connectivity index (χ2v) is 4.25. The minimum atomic E-state index is -0.525. The largest absolute Gasteiger partial charge is 0.386 e. The standard InChI is InChI=1S/C13H21NO2/c1-11-6-4-5-7-12(11)13(15)10-16-9-8-14(2)3/h4-7,13,15H,8-10H2,1-3H3. The summed E-state index contributed by atoms with van der Waals surface area (Å²) in [5.74, 6) is 0. The highest BCUT2D eigenvalue weighted by Crippen LogP contribution is 2.17. The maximum Gasteiger partial charge on any atom is 0.103 e. The van der Waals surface area contributed by atoms with E-state index >= 15 is 0 Å². The van der Waals surface area contributed by atoms with Crippen LogP contribution in [-0.2, 0) is 4.74 Å². The molecule has 3 heteroatoms. The second kappa shape index (κ2) is 6.63. The fourth-order valence-corrected chi connectivity index (χ4v) is 1.49. The van der Waals surface area contributed by atoms with Crippen molar-refractivity contribution in [3.05, 3.63) is 35.4 Å². The summed E-state index contributed by atoms with van der Waals surface area (Å²) >= 11 is 0. The van der Waals surface area contributed by atoms with Crippen LogP contribution in [0.5, 0.6) is 0 Å². The van der Waals surface area contributed by atoms with Crippen LogP contribution in [0.3, 0.4) is 0 Å². The molecular weight excluding hydrogens is 202 g/mol. The molecule has 0 fully saturated rings. The molecule has 1 unspecified atom stereocenters. The maximum atomic E-state index is 9.93. The first-order valence-corrected chi connectivity index (χ1v) is 5.57. The molecule has 3 nitrogen and oxygen atoms in total. The number of hydrogen-bond donors (Lipinski definition) is 1. The Kier molecular flexibility index (Phi) is 5.46. The Hall–Kier alpha value is -0.900. The molecule has 0 amide bonds. The van der Waals surface area contributed by atoms with Crippen LogP contribution < -0.4 is 0 Å². The summed E-state index contributed by atoms with van der Waals surface area (Å²) in [5.41, 5.74) is 2.05. The normalized spacial score (nSPS) is 13.1. The monoisotopic (exact) mass is 223 g/mol. The van der Waals surface area contributed by atoms with Crippen LogP contribution in [0, 0.1) is 6.92 Å².